The number of hydrogen-bond acceptors (Lipinski definition) is 3. The van der Waals surface area contributed by atoms with Crippen molar-refractivity contribution in [3.8, 4) is 0 Å². The highest BCUT2D eigenvalue weighted by atomic mass is 16.5. The summed E-state index contributed by atoms with van der Waals surface area (Å²) < 4.78 is 5.33. The average molecular weight is 234 g/mol. The molecule has 1 N–H and O–H groups in total. The SMILES string of the molecule is CCC(=O)Nc1ccccc1N1CCOCC1. The molecular weight excluding hydrogens is 216 g/mol. The maximum atomic E-state index is 11.5. The molecular formula is C13H18N2O2. The summed E-state index contributed by atoms with van der Waals surface area (Å²) in [5.41, 5.74) is 1.97. The number of hydrogen-bond donors (Lipinski definition) is 1. The number of para-hydroxylation sites is 2. The second-order valence-corrected chi connectivity index (χ2v) is 4.02. The zero-order valence-corrected chi connectivity index (χ0v) is 10.1. The summed E-state index contributed by atoms with van der Waals surface area (Å²) in [6, 6.07) is 7.91. The predicted molar refractivity (Wildman–Crippen MR) is 68.4 cm³/mol. The lowest BCUT2D eigenvalue weighted by molar-refractivity contribution is -0.115. The van der Waals surface area contributed by atoms with Gasteiger partial charge in [-0.1, -0.05) is 19.1 Å². The fourth-order valence-electron chi connectivity index (χ4n) is 1.90. The standard InChI is InChI=1S/C13H18N2O2/c1-2-13(16)14-11-5-3-4-6-12(11)15-7-9-17-10-8-15/h3-6H,2,7-10H2,1H3,(H,14,16). The van der Waals surface area contributed by atoms with Gasteiger partial charge in [-0.3, -0.25) is 4.79 Å². The van der Waals surface area contributed by atoms with Crippen LogP contribution in [-0.4, -0.2) is 32.2 Å². The molecule has 1 aromatic rings. The zero-order valence-electron chi connectivity index (χ0n) is 10.1. The molecule has 1 fully saturated rings. The first-order valence-corrected chi connectivity index (χ1v) is 6.03. The van der Waals surface area contributed by atoms with Crippen LogP contribution in [0.1, 0.15) is 13.3 Å². The van der Waals surface area contributed by atoms with Gasteiger partial charge < -0.3 is 15.0 Å². The highest BCUT2D eigenvalue weighted by molar-refractivity contribution is 5.94. The van der Waals surface area contributed by atoms with Crippen molar-refractivity contribution in [2.75, 3.05) is 36.5 Å². The van der Waals surface area contributed by atoms with Crippen LogP contribution in [0.15, 0.2) is 24.3 Å². The van der Waals surface area contributed by atoms with Crippen LogP contribution in [0, 0.1) is 0 Å². The summed E-state index contributed by atoms with van der Waals surface area (Å²) in [5.74, 6) is 0.0470. The number of morpholine rings is 1. The summed E-state index contributed by atoms with van der Waals surface area (Å²) in [7, 11) is 0. The van der Waals surface area contributed by atoms with E-state index in [9.17, 15) is 4.79 Å². The molecule has 1 aromatic carbocycles. The number of ether oxygens (including phenoxy) is 1. The summed E-state index contributed by atoms with van der Waals surface area (Å²) in [5, 5.41) is 2.94. The van der Waals surface area contributed by atoms with Crippen molar-refractivity contribution in [2.24, 2.45) is 0 Å². The van der Waals surface area contributed by atoms with Crippen molar-refractivity contribution in [1.29, 1.82) is 0 Å². The van der Waals surface area contributed by atoms with Crippen LogP contribution in [-0.2, 0) is 9.53 Å². The molecule has 0 saturated carbocycles. The van der Waals surface area contributed by atoms with Gasteiger partial charge in [-0.25, -0.2) is 0 Å². The molecule has 92 valence electrons. The first kappa shape index (κ1) is 11.9. The molecule has 0 bridgehead atoms. The molecule has 0 aliphatic carbocycles. The van der Waals surface area contributed by atoms with Gasteiger partial charge in [0.25, 0.3) is 0 Å². The molecule has 1 aliphatic rings. The molecule has 1 heterocycles. The Morgan fingerprint density at radius 1 is 1.35 bits per heavy atom. The minimum atomic E-state index is 0.0470. The van der Waals surface area contributed by atoms with Crippen molar-refractivity contribution in [2.45, 2.75) is 13.3 Å². The number of rotatable bonds is 3. The Labute approximate surface area is 102 Å². The van der Waals surface area contributed by atoms with E-state index in [1.807, 2.05) is 31.2 Å². The van der Waals surface area contributed by atoms with Gasteiger partial charge in [-0.05, 0) is 12.1 Å². The Hall–Kier alpha value is -1.55. The van der Waals surface area contributed by atoms with E-state index >= 15 is 0 Å². The van der Waals surface area contributed by atoms with Crippen molar-refractivity contribution in [3.63, 3.8) is 0 Å². The Morgan fingerprint density at radius 2 is 2.06 bits per heavy atom. The lowest BCUT2D eigenvalue weighted by Gasteiger charge is -2.30. The van der Waals surface area contributed by atoms with Crippen molar-refractivity contribution < 1.29 is 9.53 Å². The van der Waals surface area contributed by atoms with Crippen molar-refractivity contribution in [3.05, 3.63) is 24.3 Å². The van der Waals surface area contributed by atoms with Gasteiger partial charge in [-0.15, -0.1) is 0 Å². The van der Waals surface area contributed by atoms with Crippen LogP contribution in [0.25, 0.3) is 0 Å². The number of nitrogens with zero attached hydrogens (tertiary/aromatic N) is 1. The van der Waals surface area contributed by atoms with Gasteiger partial charge in [0.05, 0.1) is 24.6 Å². The summed E-state index contributed by atoms with van der Waals surface area (Å²) >= 11 is 0. The van der Waals surface area contributed by atoms with E-state index in [0.29, 0.717) is 6.42 Å². The molecule has 0 aromatic heterocycles. The molecule has 2 rings (SSSR count). The molecule has 0 radical (unpaired) electrons. The van der Waals surface area contributed by atoms with E-state index in [1.165, 1.54) is 0 Å². The smallest absolute Gasteiger partial charge is 0.224 e. The van der Waals surface area contributed by atoms with Gasteiger partial charge in [-0.2, -0.15) is 0 Å². The molecule has 0 unspecified atom stereocenters. The van der Waals surface area contributed by atoms with E-state index in [4.69, 9.17) is 4.74 Å². The number of amides is 1. The van der Waals surface area contributed by atoms with Crippen molar-refractivity contribution in [1.82, 2.24) is 0 Å². The average Bonchev–Trinajstić information content (AvgIpc) is 2.40. The predicted octanol–water partition coefficient (Wildman–Crippen LogP) is 1.87. The van der Waals surface area contributed by atoms with Gasteiger partial charge in [0.1, 0.15) is 0 Å². The van der Waals surface area contributed by atoms with Gasteiger partial charge in [0, 0.05) is 19.5 Å². The number of benzene rings is 1. The Bertz CT molecular complexity index is 387. The second kappa shape index (κ2) is 5.68. The third-order valence-electron chi connectivity index (χ3n) is 2.85. The number of carbonyl (C=O) groups is 1. The first-order chi connectivity index (χ1) is 8.31. The monoisotopic (exact) mass is 234 g/mol. The Morgan fingerprint density at radius 3 is 2.76 bits per heavy atom. The number of nitrogens with one attached hydrogen (secondary N) is 1. The highest BCUT2D eigenvalue weighted by Gasteiger charge is 2.14. The first-order valence-electron chi connectivity index (χ1n) is 6.03. The molecule has 4 heteroatoms. The minimum Gasteiger partial charge on any atom is -0.378 e. The fraction of sp³-hybridized carbons (Fsp3) is 0.462. The molecule has 1 saturated heterocycles. The third kappa shape index (κ3) is 2.97. The van der Waals surface area contributed by atoms with E-state index in [-0.39, 0.29) is 5.91 Å². The largest absolute Gasteiger partial charge is 0.378 e. The highest BCUT2D eigenvalue weighted by Crippen LogP contribution is 2.26. The van der Waals surface area contributed by atoms with E-state index in [2.05, 4.69) is 10.2 Å². The van der Waals surface area contributed by atoms with E-state index in [0.717, 1.165) is 37.7 Å². The molecule has 17 heavy (non-hydrogen) atoms. The van der Waals surface area contributed by atoms with Gasteiger partial charge in [0.15, 0.2) is 0 Å². The fourth-order valence-corrected chi connectivity index (χ4v) is 1.90. The summed E-state index contributed by atoms with van der Waals surface area (Å²) in [6.45, 7) is 5.09. The summed E-state index contributed by atoms with van der Waals surface area (Å²) in [6.07, 6.45) is 0.497. The Kier molecular flexibility index (Phi) is 3.98. The van der Waals surface area contributed by atoms with Crippen LogP contribution in [0.2, 0.25) is 0 Å². The quantitative estimate of drug-likeness (QED) is 0.868. The normalized spacial score (nSPS) is 15.7. The molecule has 1 aliphatic heterocycles. The number of anilines is 2. The van der Waals surface area contributed by atoms with E-state index in [1.54, 1.807) is 0 Å². The zero-order chi connectivity index (χ0) is 12.1. The lowest BCUT2D eigenvalue weighted by Crippen LogP contribution is -2.36. The molecule has 0 atom stereocenters. The maximum Gasteiger partial charge on any atom is 0.224 e. The van der Waals surface area contributed by atoms with Crippen molar-refractivity contribution >= 4 is 17.3 Å². The maximum absolute atomic E-state index is 11.5. The molecule has 4 nitrogen and oxygen atoms in total. The van der Waals surface area contributed by atoms with Crippen LogP contribution in [0.3, 0.4) is 0 Å². The summed E-state index contributed by atoms with van der Waals surface area (Å²) in [4.78, 5) is 13.7. The minimum absolute atomic E-state index is 0.0470. The topological polar surface area (TPSA) is 41.6 Å². The van der Waals surface area contributed by atoms with Gasteiger partial charge in [0.2, 0.25) is 5.91 Å². The van der Waals surface area contributed by atoms with E-state index < -0.39 is 0 Å². The molecule has 1 amide bonds. The van der Waals surface area contributed by atoms with Crippen LogP contribution in [0.4, 0.5) is 11.4 Å². The van der Waals surface area contributed by atoms with Crippen LogP contribution < -0.4 is 10.2 Å². The third-order valence-corrected chi connectivity index (χ3v) is 2.85. The Balaban J connectivity index is 2.17. The second-order valence-electron chi connectivity index (χ2n) is 4.02. The van der Waals surface area contributed by atoms with Crippen LogP contribution in [0.5, 0.6) is 0 Å². The van der Waals surface area contributed by atoms with Crippen LogP contribution >= 0.6 is 0 Å². The number of carbonyl (C=O) groups excluding carboxylic acids is 1. The lowest BCUT2D eigenvalue weighted by atomic mass is 10.2. The molecule has 0 spiro atoms. The van der Waals surface area contributed by atoms with Gasteiger partial charge >= 0.3 is 0 Å².